The number of ether oxygens (including phenoxy) is 2. The van der Waals surface area contributed by atoms with Gasteiger partial charge in [0.15, 0.2) is 11.9 Å². The van der Waals surface area contributed by atoms with Crippen molar-refractivity contribution in [1.29, 1.82) is 0 Å². The van der Waals surface area contributed by atoms with E-state index in [-0.39, 0.29) is 18.6 Å². The Morgan fingerprint density at radius 2 is 1.79 bits per heavy atom. The van der Waals surface area contributed by atoms with E-state index in [1.165, 1.54) is 6.08 Å². The van der Waals surface area contributed by atoms with Crippen LogP contribution < -0.4 is 0 Å². The van der Waals surface area contributed by atoms with Gasteiger partial charge in [-0.15, -0.1) is 0 Å². The Bertz CT molecular complexity index is 896. The molecule has 10 atom stereocenters. The van der Waals surface area contributed by atoms with E-state index in [0.29, 0.717) is 5.57 Å². The lowest BCUT2D eigenvalue weighted by molar-refractivity contribution is -0.337. The van der Waals surface area contributed by atoms with Gasteiger partial charge in [0.05, 0.1) is 12.0 Å². The number of hydrogen-bond acceptors (Lipinski definition) is 9. The second-order valence-corrected chi connectivity index (χ2v) is 9.38. The van der Waals surface area contributed by atoms with Gasteiger partial charge in [-0.2, -0.15) is 0 Å². The van der Waals surface area contributed by atoms with Crippen LogP contribution in [0.25, 0.3) is 0 Å². The van der Waals surface area contributed by atoms with Crippen LogP contribution in [0.4, 0.5) is 0 Å². The molecule has 2 saturated heterocycles. The van der Waals surface area contributed by atoms with Crippen molar-refractivity contribution in [3.05, 3.63) is 23.8 Å². The number of allylic oxidation sites excluding steroid dienone is 1. The Morgan fingerprint density at radius 1 is 1.14 bits per heavy atom. The third-order valence-electron chi connectivity index (χ3n) is 8.44. The first-order valence-corrected chi connectivity index (χ1v) is 9.63. The van der Waals surface area contributed by atoms with E-state index < -0.39 is 70.2 Å². The highest BCUT2D eigenvalue weighted by molar-refractivity contribution is 5.96. The molecule has 0 aromatic rings. The predicted molar refractivity (Wildman–Crippen MR) is 93.8 cm³/mol. The summed E-state index contributed by atoms with van der Waals surface area (Å²) in [5.41, 5.74) is -5.06. The molecule has 0 aromatic heterocycles. The topological polar surface area (TPSA) is 154 Å². The maximum Gasteiger partial charge on any atom is 0.338 e. The molecule has 4 fully saturated rings. The number of esters is 1. The lowest BCUT2D eigenvalue weighted by Gasteiger charge is -2.69. The standard InChI is InChI=1S/C20H24O9/c1-7-4-10(21)13(23)17(3)9(7)5-11-18-6-28-20(27,16(17)18)12(22)8(2)19(18,26)14(24)15(25)29-11/h4,9,11-14,16,22-24,26-27H,2,5-6H2,1,3H3/t9-,11-,12-,13-,14+,16+,17-,18-,19+,20+/m1/s1. The summed E-state index contributed by atoms with van der Waals surface area (Å²) in [5.74, 6) is -5.66. The number of carbonyl (C=O) groups is 2. The molecule has 158 valence electrons. The number of aliphatic hydroxyl groups is 5. The highest BCUT2D eigenvalue weighted by Gasteiger charge is 2.87. The molecule has 2 saturated carbocycles. The zero-order chi connectivity index (χ0) is 21.3. The average Bonchev–Trinajstić information content (AvgIpc) is 2.98. The first-order valence-electron chi connectivity index (χ1n) is 9.63. The zero-order valence-corrected chi connectivity index (χ0v) is 16.0. The fourth-order valence-corrected chi connectivity index (χ4v) is 7.19. The predicted octanol–water partition coefficient (Wildman–Crippen LogP) is -1.83. The van der Waals surface area contributed by atoms with Crippen molar-refractivity contribution in [2.45, 2.75) is 56.1 Å². The number of aliphatic hydroxyl groups excluding tert-OH is 3. The molecular formula is C20H24O9. The summed E-state index contributed by atoms with van der Waals surface area (Å²) in [4.78, 5) is 25.0. The Morgan fingerprint density at radius 3 is 2.45 bits per heavy atom. The summed E-state index contributed by atoms with van der Waals surface area (Å²) in [6.07, 6.45) is -5.01. The molecule has 2 bridgehead atoms. The summed E-state index contributed by atoms with van der Waals surface area (Å²) in [7, 11) is 0. The van der Waals surface area contributed by atoms with Crippen LogP contribution in [0.5, 0.6) is 0 Å². The molecule has 0 amide bonds. The normalized spacial score (nSPS) is 58.3. The third kappa shape index (κ3) is 1.69. The van der Waals surface area contributed by atoms with E-state index >= 15 is 0 Å². The molecule has 2 aliphatic heterocycles. The summed E-state index contributed by atoms with van der Waals surface area (Å²) >= 11 is 0. The minimum absolute atomic E-state index is 0.142. The maximum atomic E-state index is 12.5. The van der Waals surface area contributed by atoms with Gasteiger partial charge in [0.1, 0.15) is 23.9 Å². The number of ketones is 1. The largest absolute Gasteiger partial charge is 0.460 e. The molecule has 5 rings (SSSR count). The van der Waals surface area contributed by atoms with Crippen molar-refractivity contribution in [3.63, 3.8) is 0 Å². The SMILES string of the molecule is C=C1[C@@H](O)[C@]2(O)OC[C@@]34[C@@H](C[C@@H]5C(C)=CC(=O)[C@@H](O)[C@]5(C)[C@H]23)OC(=O)[C@H](O)[C@@]14O. The van der Waals surface area contributed by atoms with Crippen LogP contribution in [0.2, 0.25) is 0 Å². The number of carbonyl (C=O) groups excluding carboxylic acids is 2. The van der Waals surface area contributed by atoms with Crippen LogP contribution in [0, 0.1) is 22.7 Å². The lowest BCUT2D eigenvalue weighted by atomic mass is 9.37. The van der Waals surface area contributed by atoms with Gasteiger partial charge in [-0.3, -0.25) is 4.79 Å². The molecule has 2 heterocycles. The Hall–Kier alpha value is -1.62. The summed E-state index contributed by atoms with van der Waals surface area (Å²) in [6.45, 7) is 6.62. The smallest absolute Gasteiger partial charge is 0.338 e. The van der Waals surface area contributed by atoms with Gasteiger partial charge in [0.2, 0.25) is 5.79 Å². The van der Waals surface area contributed by atoms with Crippen molar-refractivity contribution in [2.24, 2.45) is 22.7 Å². The van der Waals surface area contributed by atoms with Crippen molar-refractivity contribution >= 4 is 11.8 Å². The molecule has 0 radical (unpaired) electrons. The van der Waals surface area contributed by atoms with Gasteiger partial charge in [0.25, 0.3) is 0 Å². The van der Waals surface area contributed by atoms with Crippen LogP contribution in [0.3, 0.4) is 0 Å². The molecule has 1 spiro atoms. The van der Waals surface area contributed by atoms with E-state index in [1.54, 1.807) is 13.8 Å². The van der Waals surface area contributed by atoms with E-state index in [4.69, 9.17) is 9.47 Å². The van der Waals surface area contributed by atoms with E-state index in [0.717, 1.165) is 0 Å². The molecular weight excluding hydrogens is 384 g/mol. The van der Waals surface area contributed by atoms with Gasteiger partial charge in [0, 0.05) is 11.3 Å². The minimum Gasteiger partial charge on any atom is -0.460 e. The number of rotatable bonds is 0. The van der Waals surface area contributed by atoms with Gasteiger partial charge in [-0.25, -0.2) is 4.79 Å². The van der Waals surface area contributed by atoms with Crippen molar-refractivity contribution in [1.82, 2.24) is 0 Å². The van der Waals surface area contributed by atoms with Crippen LogP contribution in [0.15, 0.2) is 23.8 Å². The van der Waals surface area contributed by atoms with Crippen LogP contribution in [-0.2, 0) is 19.1 Å². The van der Waals surface area contributed by atoms with Gasteiger partial charge >= 0.3 is 5.97 Å². The lowest BCUT2D eigenvalue weighted by Crippen LogP contribution is -2.82. The molecule has 5 aliphatic rings. The second kappa shape index (κ2) is 5.16. The fourth-order valence-electron chi connectivity index (χ4n) is 7.19. The van der Waals surface area contributed by atoms with E-state index in [2.05, 4.69) is 6.58 Å². The Kier molecular flexibility index (Phi) is 3.44. The van der Waals surface area contributed by atoms with Gasteiger partial charge in [-0.1, -0.05) is 19.1 Å². The second-order valence-electron chi connectivity index (χ2n) is 9.38. The summed E-state index contributed by atoms with van der Waals surface area (Å²) < 4.78 is 11.1. The van der Waals surface area contributed by atoms with Gasteiger partial charge in [-0.05, 0) is 30.9 Å². The monoisotopic (exact) mass is 408 g/mol. The summed E-state index contributed by atoms with van der Waals surface area (Å²) in [6, 6.07) is 0. The van der Waals surface area contributed by atoms with Crippen LogP contribution in [0.1, 0.15) is 20.3 Å². The van der Waals surface area contributed by atoms with Crippen molar-refractivity contribution in [3.8, 4) is 0 Å². The molecule has 9 heteroatoms. The van der Waals surface area contributed by atoms with Crippen molar-refractivity contribution in [2.75, 3.05) is 6.61 Å². The Balaban J connectivity index is 1.85. The van der Waals surface area contributed by atoms with Crippen molar-refractivity contribution < 1.29 is 44.6 Å². The quantitative estimate of drug-likeness (QED) is 0.230. The maximum absolute atomic E-state index is 12.5. The molecule has 0 unspecified atom stereocenters. The highest BCUT2D eigenvalue weighted by atomic mass is 16.7. The van der Waals surface area contributed by atoms with E-state index in [1.807, 2.05) is 0 Å². The van der Waals surface area contributed by atoms with Gasteiger partial charge < -0.3 is 35.0 Å². The van der Waals surface area contributed by atoms with Crippen LogP contribution in [-0.4, -0.2) is 79.7 Å². The van der Waals surface area contributed by atoms with E-state index in [9.17, 15) is 35.1 Å². The molecule has 29 heavy (non-hydrogen) atoms. The minimum atomic E-state index is -2.37. The molecule has 0 aromatic carbocycles. The molecule has 5 N–H and O–H groups in total. The summed E-state index contributed by atoms with van der Waals surface area (Å²) in [5, 5.41) is 55.7. The van der Waals surface area contributed by atoms with Crippen LogP contribution >= 0.6 is 0 Å². The number of fused-ring (bicyclic) bond motifs is 1. The molecule has 9 nitrogen and oxygen atoms in total. The average molecular weight is 408 g/mol. The highest BCUT2D eigenvalue weighted by Crippen LogP contribution is 2.74. The third-order valence-corrected chi connectivity index (χ3v) is 8.44. The number of hydrogen-bond donors (Lipinski definition) is 5. The zero-order valence-electron chi connectivity index (χ0n) is 16.0. The fraction of sp³-hybridized carbons (Fsp3) is 0.700. The first-order chi connectivity index (χ1) is 13.4. The first kappa shape index (κ1) is 19.3. The Labute approximate surface area is 166 Å². The molecule has 3 aliphatic carbocycles.